The molecular weight excluding hydrogens is 359 g/mol. The van der Waals surface area contributed by atoms with Crippen LogP contribution in [-0.2, 0) is 24.6 Å². The lowest BCUT2D eigenvalue weighted by molar-refractivity contribution is -0.0539. The van der Waals surface area contributed by atoms with Gasteiger partial charge in [-0.25, -0.2) is 0 Å². The van der Waals surface area contributed by atoms with Gasteiger partial charge in [-0.3, -0.25) is 4.98 Å². The maximum atomic E-state index is 12.3. The van der Waals surface area contributed by atoms with Crippen LogP contribution in [-0.4, -0.2) is 26.0 Å². The molecule has 0 N–H and O–H groups in total. The normalized spacial score (nSPS) is 22.6. The molecule has 128 valence electrons. The second kappa shape index (κ2) is 6.29. The molecule has 1 unspecified atom stereocenters. The van der Waals surface area contributed by atoms with Gasteiger partial charge in [0.05, 0.1) is 10.7 Å². The van der Waals surface area contributed by atoms with Gasteiger partial charge in [0.2, 0.25) is 0 Å². The summed E-state index contributed by atoms with van der Waals surface area (Å²) in [6, 6.07) is 3.26. The van der Waals surface area contributed by atoms with E-state index >= 15 is 0 Å². The Morgan fingerprint density at radius 3 is 2.57 bits per heavy atom. The summed E-state index contributed by atoms with van der Waals surface area (Å²) in [7, 11) is -4.24. The van der Waals surface area contributed by atoms with Gasteiger partial charge in [0.1, 0.15) is 11.4 Å². The second-order valence-electron chi connectivity index (χ2n) is 4.89. The first-order valence-corrected chi connectivity index (χ1v) is 8.26. The minimum absolute atomic E-state index is 0.0595. The lowest BCUT2D eigenvalue weighted by atomic mass is 9.85. The van der Waals surface area contributed by atoms with Crippen LogP contribution in [0.15, 0.2) is 30.2 Å². The summed E-state index contributed by atoms with van der Waals surface area (Å²) in [4.78, 5) is 4.16. The number of methoxy groups -OCH3 is 1. The highest BCUT2D eigenvalue weighted by molar-refractivity contribution is 7.87. The number of halogens is 4. The van der Waals surface area contributed by atoms with Crippen molar-refractivity contribution < 1.29 is 30.5 Å². The van der Waals surface area contributed by atoms with E-state index in [-0.39, 0.29) is 25.0 Å². The molecule has 23 heavy (non-hydrogen) atoms. The van der Waals surface area contributed by atoms with E-state index < -0.39 is 21.2 Å². The van der Waals surface area contributed by atoms with Crippen LogP contribution in [0.4, 0.5) is 13.2 Å². The van der Waals surface area contributed by atoms with Gasteiger partial charge < -0.3 is 8.92 Å². The van der Waals surface area contributed by atoms with Crippen LogP contribution in [0.5, 0.6) is 0 Å². The van der Waals surface area contributed by atoms with E-state index in [2.05, 4.69) is 9.17 Å². The number of aromatic nitrogens is 1. The van der Waals surface area contributed by atoms with Gasteiger partial charge in [0.15, 0.2) is 0 Å². The van der Waals surface area contributed by atoms with Gasteiger partial charge in [0.25, 0.3) is 0 Å². The SMILES string of the molecule is COC1(c2ncccc2Cl)CC=C(OS(=O)(=O)C(F)(F)F)CC1. The maximum absolute atomic E-state index is 12.3. The molecule has 1 aromatic rings. The van der Waals surface area contributed by atoms with Gasteiger partial charge >= 0.3 is 15.6 Å². The Bertz CT molecular complexity index is 720. The Morgan fingerprint density at radius 1 is 1.39 bits per heavy atom. The summed E-state index contributed by atoms with van der Waals surface area (Å²) < 4.78 is 68.7. The molecule has 0 bridgehead atoms. The van der Waals surface area contributed by atoms with Gasteiger partial charge in [0, 0.05) is 26.1 Å². The third-order valence-electron chi connectivity index (χ3n) is 3.52. The Kier molecular flexibility index (Phi) is 4.93. The first-order valence-electron chi connectivity index (χ1n) is 6.47. The zero-order valence-electron chi connectivity index (χ0n) is 11.9. The van der Waals surface area contributed by atoms with Crippen LogP contribution < -0.4 is 0 Å². The van der Waals surface area contributed by atoms with E-state index in [0.29, 0.717) is 10.7 Å². The van der Waals surface area contributed by atoms with E-state index in [1.165, 1.54) is 19.4 Å². The Balaban J connectivity index is 2.24. The fourth-order valence-corrected chi connectivity index (χ4v) is 3.11. The molecule has 1 aromatic heterocycles. The molecule has 1 aliphatic rings. The van der Waals surface area contributed by atoms with Crippen LogP contribution in [0.3, 0.4) is 0 Å². The van der Waals surface area contributed by atoms with Gasteiger partial charge in [-0.2, -0.15) is 21.6 Å². The molecule has 0 aliphatic heterocycles. The summed E-state index contributed by atoms with van der Waals surface area (Å²) >= 11 is 6.09. The molecule has 1 atom stereocenters. The van der Waals surface area contributed by atoms with Crippen molar-refractivity contribution in [2.75, 3.05) is 7.11 Å². The van der Waals surface area contributed by atoms with Crippen LogP contribution in [0.2, 0.25) is 5.02 Å². The predicted molar refractivity (Wildman–Crippen MR) is 75.9 cm³/mol. The lowest BCUT2D eigenvalue weighted by Crippen LogP contribution is -2.33. The van der Waals surface area contributed by atoms with Crippen LogP contribution in [0.25, 0.3) is 0 Å². The summed E-state index contributed by atoms with van der Waals surface area (Å²) in [5.74, 6) is -0.276. The van der Waals surface area contributed by atoms with E-state index in [1.807, 2.05) is 0 Å². The summed E-state index contributed by atoms with van der Waals surface area (Å²) in [6.45, 7) is 0. The van der Waals surface area contributed by atoms with Crippen LogP contribution in [0, 0.1) is 0 Å². The highest BCUT2D eigenvalue weighted by Gasteiger charge is 2.49. The molecular formula is C13H13ClF3NO4S. The third kappa shape index (κ3) is 3.61. The van der Waals surface area contributed by atoms with Crippen molar-refractivity contribution in [2.45, 2.75) is 30.4 Å². The Labute approximate surface area is 136 Å². The molecule has 0 fully saturated rings. The van der Waals surface area contributed by atoms with E-state index in [0.717, 1.165) is 0 Å². The number of hydrogen-bond donors (Lipinski definition) is 0. The number of nitrogens with zero attached hydrogens (tertiary/aromatic N) is 1. The molecule has 10 heteroatoms. The largest absolute Gasteiger partial charge is 0.534 e. The maximum Gasteiger partial charge on any atom is 0.534 e. The Morgan fingerprint density at radius 2 is 2.09 bits per heavy atom. The van der Waals surface area contributed by atoms with Gasteiger partial charge in [-0.05, 0) is 24.6 Å². The first kappa shape index (κ1) is 18.0. The molecule has 1 aliphatic carbocycles. The van der Waals surface area contributed by atoms with Crippen LogP contribution >= 0.6 is 11.6 Å². The highest BCUT2D eigenvalue weighted by Crippen LogP contribution is 2.42. The topological polar surface area (TPSA) is 65.5 Å². The molecule has 0 saturated carbocycles. The molecule has 0 aromatic carbocycles. The highest BCUT2D eigenvalue weighted by atomic mass is 35.5. The number of hydrogen-bond acceptors (Lipinski definition) is 5. The molecule has 2 rings (SSSR count). The quantitative estimate of drug-likeness (QED) is 0.598. The lowest BCUT2D eigenvalue weighted by Gasteiger charge is -2.34. The van der Waals surface area contributed by atoms with Gasteiger partial charge in [-0.15, -0.1) is 0 Å². The van der Waals surface area contributed by atoms with Crippen molar-refractivity contribution in [3.8, 4) is 0 Å². The number of alkyl halides is 3. The summed E-state index contributed by atoms with van der Waals surface area (Å²) in [5.41, 5.74) is -5.96. The molecule has 0 radical (unpaired) electrons. The monoisotopic (exact) mass is 371 g/mol. The molecule has 0 amide bonds. The van der Waals surface area contributed by atoms with Crippen molar-refractivity contribution in [1.82, 2.24) is 4.98 Å². The molecule has 0 saturated heterocycles. The fraction of sp³-hybridized carbons (Fsp3) is 0.462. The summed E-state index contributed by atoms with van der Waals surface area (Å²) in [5, 5.41) is 0.357. The smallest absolute Gasteiger partial charge is 0.381 e. The second-order valence-corrected chi connectivity index (χ2v) is 6.84. The fourth-order valence-electron chi connectivity index (χ4n) is 2.29. The van der Waals surface area contributed by atoms with E-state index in [9.17, 15) is 21.6 Å². The zero-order chi connectivity index (χ0) is 17.3. The van der Waals surface area contributed by atoms with Crippen molar-refractivity contribution in [3.05, 3.63) is 40.9 Å². The molecule has 5 nitrogen and oxygen atoms in total. The number of pyridine rings is 1. The minimum Gasteiger partial charge on any atom is -0.381 e. The molecule has 1 heterocycles. The Hall–Kier alpha value is -1.32. The van der Waals surface area contributed by atoms with Crippen LogP contribution in [0.1, 0.15) is 25.0 Å². The van der Waals surface area contributed by atoms with Crippen molar-refractivity contribution in [3.63, 3.8) is 0 Å². The van der Waals surface area contributed by atoms with Crippen molar-refractivity contribution in [2.24, 2.45) is 0 Å². The summed E-state index contributed by atoms with van der Waals surface area (Å²) in [6.07, 6.45) is 2.98. The standard InChI is InChI=1S/C13H13ClF3NO4S/c1-21-12(11-10(14)3-2-8-18-11)6-4-9(5-7-12)22-23(19,20)13(15,16)17/h2-4,8H,5-7H2,1H3. The number of ether oxygens (including phenoxy) is 1. The third-order valence-corrected chi connectivity index (χ3v) is 4.82. The average molecular weight is 372 g/mol. The number of rotatable bonds is 4. The first-order chi connectivity index (χ1) is 10.6. The molecule has 0 spiro atoms. The van der Waals surface area contributed by atoms with Crippen molar-refractivity contribution in [1.29, 1.82) is 0 Å². The predicted octanol–water partition coefficient (Wildman–Crippen LogP) is 3.51. The zero-order valence-corrected chi connectivity index (χ0v) is 13.5. The van der Waals surface area contributed by atoms with Gasteiger partial charge in [-0.1, -0.05) is 11.6 Å². The van der Waals surface area contributed by atoms with Crippen molar-refractivity contribution >= 4 is 21.7 Å². The average Bonchev–Trinajstić information content (AvgIpc) is 2.47. The van der Waals surface area contributed by atoms with E-state index in [4.69, 9.17) is 16.3 Å². The van der Waals surface area contributed by atoms with E-state index in [1.54, 1.807) is 12.1 Å². The minimum atomic E-state index is -5.66. The number of allylic oxidation sites excluding steroid dienone is 1.